The van der Waals surface area contributed by atoms with Crippen molar-refractivity contribution in [2.45, 2.75) is 12.8 Å². The molecule has 0 aliphatic heterocycles. The highest BCUT2D eigenvalue weighted by molar-refractivity contribution is 5.27. The Balaban J connectivity index is 2.13. The number of benzene rings is 1. The number of aliphatic hydroxyl groups excluding tert-OH is 1. The maximum Gasteiger partial charge on any atom is 0.0755 e. The molecule has 1 aromatic carbocycles. The van der Waals surface area contributed by atoms with Gasteiger partial charge in [-0.05, 0) is 23.6 Å². The minimum absolute atomic E-state index is 0.704. The topological polar surface area (TPSA) is 48.9 Å². The molecule has 0 unspecified atom stereocenters. The normalized spacial score (nSPS) is 11.0. The minimum atomic E-state index is 0.704. The molecule has 0 amide bonds. The molecule has 3 heteroatoms. The second-order valence-corrected chi connectivity index (χ2v) is 3.63. The summed E-state index contributed by atoms with van der Waals surface area (Å²) >= 11 is 0. The summed E-state index contributed by atoms with van der Waals surface area (Å²) in [5.74, 6) is 0. The van der Waals surface area contributed by atoms with Crippen LogP contribution in [0.15, 0.2) is 48.9 Å². The molecule has 2 N–H and O–H groups in total. The van der Waals surface area contributed by atoms with Gasteiger partial charge in [-0.2, -0.15) is 5.10 Å². The Morgan fingerprint density at radius 1 is 1.25 bits per heavy atom. The van der Waals surface area contributed by atoms with Crippen molar-refractivity contribution in [3.63, 3.8) is 0 Å². The standard InChI is InChI=1S/C13H14N2O/c16-8-4-7-12-10-14-15-13(12)9-11-5-2-1-3-6-11/h1-6,8,10,16H,7,9H2,(H,14,15). The number of rotatable bonds is 4. The number of H-pyrrole nitrogens is 1. The van der Waals surface area contributed by atoms with E-state index in [0.717, 1.165) is 23.9 Å². The molecule has 3 nitrogen and oxygen atoms in total. The third kappa shape index (κ3) is 2.51. The number of aromatic amines is 1. The van der Waals surface area contributed by atoms with Crippen molar-refractivity contribution in [3.8, 4) is 0 Å². The van der Waals surface area contributed by atoms with Crippen LogP contribution in [0.1, 0.15) is 16.8 Å². The Labute approximate surface area is 94.5 Å². The lowest BCUT2D eigenvalue weighted by atomic mass is 10.1. The zero-order chi connectivity index (χ0) is 11.2. The van der Waals surface area contributed by atoms with Crippen LogP contribution in [0, 0.1) is 0 Å². The fourth-order valence-electron chi connectivity index (χ4n) is 1.65. The Morgan fingerprint density at radius 3 is 2.81 bits per heavy atom. The maximum absolute atomic E-state index is 8.63. The summed E-state index contributed by atoms with van der Waals surface area (Å²) in [6.45, 7) is 0. The van der Waals surface area contributed by atoms with E-state index in [2.05, 4.69) is 22.3 Å². The molecule has 0 atom stereocenters. The first-order valence-corrected chi connectivity index (χ1v) is 5.24. The summed E-state index contributed by atoms with van der Waals surface area (Å²) in [7, 11) is 0. The SMILES string of the molecule is OC=CCc1cn[nH]c1Cc1ccccc1. The van der Waals surface area contributed by atoms with Crippen molar-refractivity contribution in [1.82, 2.24) is 10.2 Å². The van der Waals surface area contributed by atoms with Crippen LogP contribution >= 0.6 is 0 Å². The van der Waals surface area contributed by atoms with E-state index in [1.807, 2.05) is 18.2 Å². The fraction of sp³-hybridized carbons (Fsp3) is 0.154. The van der Waals surface area contributed by atoms with Crippen LogP contribution in [0.4, 0.5) is 0 Å². The highest BCUT2D eigenvalue weighted by atomic mass is 16.2. The first kappa shape index (κ1) is 10.5. The lowest BCUT2D eigenvalue weighted by Crippen LogP contribution is -1.93. The predicted octanol–water partition coefficient (Wildman–Crippen LogP) is 2.61. The molecule has 82 valence electrons. The zero-order valence-corrected chi connectivity index (χ0v) is 8.93. The molecule has 2 rings (SSSR count). The summed E-state index contributed by atoms with van der Waals surface area (Å²) in [5.41, 5.74) is 3.47. The van der Waals surface area contributed by atoms with Gasteiger partial charge >= 0.3 is 0 Å². The Morgan fingerprint density at radius 2 is 2.06 bits per heavy atom. The number of hydrogen-bond acceptors (Lipinski definition) is 2. The number of hydrogen-bond donors (Lipinski definition) is 2. The molecule has 0 saturated heterocycles. The van der Waals surface area contributed by atoms with E-state index in [1.54, 1.807) is 12.3 Å². The van der Waals surface area contributed by atoms with Gasteiger partial charge < -0.3 is 5.11 Å². The summed E-state index contributed by atoms with van der Waals surface area (Å²) in [6, 6.07) is 10.2. The number of nitrogens with one attached hydrogen (secondary N) is 1. The van der Waals surface area contributed by atoms with Crippen LogP contribution in [0.3, 0.4) is 0 Å². The second kappa shape index (κ2) is 5.16. The lowest BCUT2D eigenvalue weighted by molar-refractivity contribution is 0.471. The largest absolute Gasteiger partial charge is 0.516 e. The van der Waals surface area contributed by atoms with Gasteiger partial charge in [0, 0.05) is 12.1 Å². The van der Waals surface area contributed by atoms with Crippen molar-refractivity contribution in [2.75, 3.05) is 0 Å². The Bertz CT molecular complexity index is 460. The van der Waals surface area contributed by atoms with Gasteiger partial charge in [0.1, 0.15) is 0 Å². The van der Waals surface area contributed by atoms with Gasteiger partial charge in [0.15, 0.2) is 0 Å². The smallest absolute Gasteiger partial charge is 0.0755 e. The van der Waals surface area contributed by atoms with Crippen LogP contribution in [-0.2, 0) is 12.8 Å². The van der Waals surface area contributed by atoms with Crippen molar-refractivity contribution in [1.29, 1.82) is 0 Å². The summed E-state index contributed by atoms with van der Waals surface area (Å²) in [5, 5.41) is 15.7. The zero-order valence-electron chi connectivity index (χ0n) is 8.93. The van der Waals surface area contributed by atoms with Gasteiger partial charge in [-0.25, -0.2) is 0 Å². The van der Waals surface area contributed by atoms with E-state index in [-0.39, 0.29) is 0 Å². The molecule has 1 aromatic heterocycles. The van der Waals surface area contributed by atoms with E-state index in [1.165, 1.54) is 5.56 Å². The Hall–Kier alpha value is -2.03. The lowest BCUT2D eigenvalue weighted by Gasteiger charge is -2.01. The van der Waals surface area contributed by atoms with Gasteiger partial charge in [-0.1, -0.05) is 30.3 Å². The third-order valence-electron chi connectivity index (χ3n) is 2.47. The van der Waals surface area contributed by atoms with Gasteiger partial charge in [0.2, 0.25) is 0 Å². The minimum Gasteiger partial charge on any atom is -0.516 e. The number of aromatic nitrogens is 2. The molecule has 0 aliphatic rings. The van der Waals surface area contributed by atoms with Gasteiger partial charge in [-0.3, -0.25) is 5.10 Å². The van der Waals surface area contributed by atoms with Crippen LogP contribution in [0.2, 0.25) is 0 Å². The molecule has 0 fully saturated rings. The molecule has 2 aromatic rings. The molecule has 0 aliphatic carbocycles. The average Bonchev–Trinajstić information content (AvgIpc) is 2.75. The average molecular weight is 214 g/mol. The molecule has 0 spiro atoms. The Kier molecular flexibility index (Phi) is 3.38. The fourth-order valence-corrected chi connectivity index (χ4v) is 1.65. The molecule has 0 radical (unpaired) electrons. The highest BCUT2D eigenvalue weighted by Crippen LogP contribution is 2.12. The quantitative estimate of drug-likeness (QED) is 0.768. The second-order valence-electron chi connectivity index (χ2n) is 3.63. The first-order valence-electron chi connectivity index (χ1n) is 5.24. The van der Waals surface area contributed by atoms with Crippen molar-refractivity contribution in [2.24, 2.45) is 0 Å². The van der Waals surface area contributed by atoms with Gasteiger partial charge in [-0.15, -0.1) is 0 Å². The van der Waals surface area contributed by atoms with E-state index in [9.17, 15) is 0 Å². The molecule has 0 saturated carbocycles. The summed E-state index contributed by atoms with van der Waals surface area (Å²) < 4.78 is 0. The van der Waals surface area contributed by atoms with Crippen LogP contribution in [0.5, 0.6) is 0 Å². The summed E-state index contributed by atoms with van der Waals surface area (Å²) in [4.78, 5) is 0. The number of aliphatic hydroxyl groups is 1. The van der Waals surface area contributed by atoms with E-state index >= 15 is 0 Å². The molecular formula is C13H14N2O. The van der Waals surface area contributed by atoms with Crippen molar-refractivity contribution >= 4 is 0 Å². The number of nitrogens with zero attached hydrogens (tertiary/aromatic N) is 1. The molecule has 16 heavy (non-hydrogen) atoms. The van der Waals surface area contributed by atoms with Crippen molar-refractivity contribution < 1.29 is 5.11 Å². The van der Waals surface area contributed by atoms with Crippen LogP contribution in [0.25, 0.3) is 0 Å². The summed E-state index contributed by atoms with van der Waals surface area (Å²) in [6.07, 6.45) is 6.13. The monoisotopic (exact) mass is 214 g/mol. The van der Waals surface area contributed by atoms with E-state index < -0.39 is 0 Å². The molecular weight excluding hydrogens is 200 g/mol. The maximum atomic E-state index is 8.63. The molecule has 0 bridgehead atoms. The van der Waals surface area contributed by atoms with Crippen LogP contribution in [-0.4, -0.2) is 15.3 Å². The first-order chi connectivity index (χ1) is 7.90. The molecule has 1 heterocycles. The predicted molar refractivity (Wildman–Crippen MR) is 63.3 cm³/mol. The van der Waals surface area contributed by atoms with E-state index in [4.69, 9.17) is 5.11 Å². The highest BCUT2D eigenvalue weighted by Gasteiger charge is 2.04. The van der Waals surface area contributed by atoms with Crippen LogP contribution < -0.4 is 0 Å². The van der Waals surface area contributed by atoms with Gasteiger partial charge in [0.05, 0.1) is 12.5 Å². The van der Waals surface area contributed by atoms with E-state index in [0.29, 0.717) is 6.42 Å². The van der Waals surface area contributed by atoms with Gasteiger partial charge in [0.25, 0.3) is 0 Å². The number of allylic oxidation sites excluding steroid dienone is 1. The van der Waals surface area contributed by atoms with Crippen molar-refractivity contribution in [3.05, 3.63) is 65.7 Å². The third-order valence-corrected chi connectivity index (χ3v) is 2.47.